The molecule has 0 N–H and O–H groups in total. The predicted octanol–water partition coefficient (Wildman–Crippen LogP) is 2.95. The maximum Gasteiger partial charge on any atom is 0.0292 e. The molecule has 72 valence electrons. The average molecular weight is 256 g/mol. The van der Waals surface area contributed by atoms with Crippen LogP contribution in [0.2, 0.25) is 0 Å². The third-order valence-corrected chi connectivity index (χ3v) is 6.28. The van der Waals surface area contributed by atoms with Crippen LogP contribution in [-0.4, -0.2) is 0 Å². The summed E-state index contributed by atoms with van der Waals surface area (Å²) in [6.07, 6.45) is 0. The lowest BCUT2D eigenvalue weighted by molar-refractivity contribution is 1.25. The van der Waals surface area contributed by atoms with Gasteiger partial charge >= 0.3 is 0 Å². The van der Waals surface area contributed by atoms with Crippen LogP contribution in [0.5, 0.6) is 0 Å². The molecule has 0 aromatic heterocycles. The van der Waals surface area contributed by atoms with E-state index in [2.05, 4.69) is 22.9 Å². The lowest BCUT2D eigenvalue weighted by Gasteiger charge is -2.15. The van der Waals surface area contributed by atoms with Crippen LogP contribution < -0.4 is 10.4 Å². The molecule has 2 aliphatic heterocycles. The van der Waals surface area contributed by atoms with Crippen molar-refractivity contribution in [1.29, 1.82) is 0 Å². The Morgan fingerprint density at radius 1 is 0.786 bits per heavy atom. The highest BCUT2D eigenvalue weighted by Gasteiger charge is 2.10. The number of rotatable bonds is 0. The lowest BCUT2D eigenvalue weighted by Crippen LogP contribution is -2.26. The fourth-order valence-corrected chi connectivity index (χ4v) is 5.47. The van der Waals surface area contributed by atoms with Crippen LogP contribution in [-0.2, 0) is 11.5 Å². The van der Waals surface area contributed by atoms with Crippen molar-refractivity contribution in [3.63, 3.8) is 0 Å². The van der Waals surface area contributed by atoms with Gasteiger partial charge in [-0.2, -0.15) is 0 Å². The quantitative estimate of drug-likeness (QED) is 0.654. The van der Waals surface area contributed by atoms with Gasteiger partial charge in [-0.05, 0) is 44.5 Å². The average Bonchev–Trinajstić information content (AvgIpc) is 2.26. The van der Waals surface area contributed by atoms with Crippen LogP contribution in [0.25, 0.3) is 10.8 Å². The van der Waals surface area contributed by atoms with E-state index in [0.717, 1.165) is 0 Å². The summed E-state index contributed by atoms with van der Waals surface area (Å²) in [5, 5.41) is 7.32. The van der Waals surface area contributed by atoms with E-state index in [0.29, 0.717) is 0 Å². The highest BCUT2D eigenvalue weighted by molar-refractivity contribution is 8.82. The Labute approximate surface area is 98.8 Å². The molecule has 2 aliphatic rings. The van der Waals surface area contributed by atoms with Gasteiger partial charge in [-0.1, -0.05) is 43.2 Å². The molecular formula is C10H8S4. The molecule has 14 heavy (non-hydrogen) atoms. The zero-order valence-electron chi connectivity index (χ0n) is 7.36. The summed E-state index contributed by atoms with van der Waals surface area (Å²) in [5.41, 5.74) is 3.06. The van der Waals surface area contributed by atoms with Crippen molar-refractivity contribution in [3.05, 3.63) is 33.7 Å². The molecule has 0 spiro atoms. The molecular weight excluding hydrogens is 248 g/mol. The first-order valence-electron chi connectivity index (χ1n) is 4.32. The normalized spacial score (nSPS) is 18.9. The predicted molar refractivity (Wildman–Crippen MR) is 72.4 cm³/mol. The van der Waals surface area contributed by atoms with Crippen molar-refractivity contribution < 1.29 is 0 Å². The van der Waals surface area contributed by atoms with Gasteiger partial charge in [-0.15, -0.1) is 0 Å². The summed E-state index contributed by atoms with van der Waals surface area (Å²) < 4.78 is 0. The highest BCUT2D eigenvalue weighted by Crippen LogP contribution is 2.36. The number of fused-ring (bicyclic) bond motifs is 2. The molecule has 1 aromatic carbocycles. The Balaban J connectivity index is 2.26. The van der Waals surface area contributed by atoms with Gasteiger partial charge in [0.1, 0.15) is 0 Å². The summed E-state index contributed by atoms with van der Waals surface area (Å²) in [6, 6.07) is 4.72. The third-order valence-electron chi connectivity index (χ3n) is 2.32. The van der Waals surface area contributed by atoms with Crippen molar-refractivity contribution in [1.82, 2.24) is 0 Å². The molecule has 0 bridgehead atoms. The molecule has 2 heterocycles. The van der Waals surface area contributed by atoms with Crippen molar-refractivity contribution >= 4 is 54.0 Å². The van der Waals surface area contributed by atoms with Crippen LogP contribution in [0.15, 0.2) is 12.1 Å². The zero-order valence-corrected chi connectivity index (χ0v) is 10.6. The maximum atomic E-state index is 2.36. The molecule has 3 rings (SSSR count). The maximum absolute atomic E-state index is 2.36. The summed E-state index contributed by atoms with van der Waals surface area (Å²) in [6.45, 7) is 0. The third kappa shape index (κ3) is 1.73. The Morgan fingerprint density at radius 2 is 1.29 bits per heavy atom. The van der Waals surface area contributed by atoms with E-state index in [1.807, 2.05) is 43.2 Å². The van der Waals surface area contributed by atoms with E-state index in [4.69, 9.17) is 0 Å². The number of hydrogen-bond donors (Lipinski definition) is 0. The molecule has 0 saturated heterocycles. The summed E-state index contributed by atoms with van der Waals surface area (Å²) in [7, 11) is 7.56. The number of benzene rings is 1. The smallest absolute Gasteiger partial charge is 0.0292 e. The van der Waals surface area contributed by atoms with Gasteiger partial charge in [-0.25, -0.2) is 0 Å². The first-order valence-corrected chi connectivity index (χ1v) is 9.09. The minimum atomic E-state index is 1.17. The fourth-order valence-electron chi connectivity index (χ4n) is 1.57. The van der Waals surface area contributed by atoms with Gasteiger partial charge in [0.15, 0.2) is 0 Å². The molecule has 0 atom stereocenters. The molecule has 0 fully saturated rings. The van der Waals surface area contributed by atoms with E-state index in [1.54, 1.807) is 0 Å². The molecule has 4 heteroatoms. The molecule has 0 unspecified atom stereocenters. The van der Waals surface area contributed by atoms with Gasteiger partial charge in [-0.3, -0.25) is 0 Å². The van der Waals surface area contributed by atoms with Gasteiger partial charge < -0.3 is 0 Å². The van der Waals surface area contributed by atoms with E-state index in [1.165, 1.54) is 33.1 Å². The van der Waals surface area contributed by atoms with Crippen LogP contribution in [0, 0.1) is 0 Å². The SMILES string of the molecule is C1=c2cc3c(cc2=CSS1)CSSC3. The van der Waals surface area contributed by atoms with Crippen molar-refractivity contribution in [3.8, 4) is 0 Å². The first kappa shape index (κ1) is 9.58. The second kappa shape index (κ2) is 4.08. The van der Waals surface area contributed by atoms with Crippen LogP contribution in [0.3, 0.4) is 0 Å². The zero-order chi connectivity index (χ0) is 9.38. The van der Waals surface area contributed by atoms with Crippen molar-refractivity contribution in [2.24, 2.45) is 0 Å². The van der Waals surface area contributed by atoms with Crippen molar-refractivity contribution in [2.75, 3.05) is 0 Å². The minimum Gasteiger partial charge on any atom is -0.0890 e. The Bertz CT molecular complexity index is 433. The minimum absolute atomic E-state index is 1.17. The Kier molecular flexibility index (Phi) is 2.79. The first-order chi connectivity index (χ1) is 6.93. The molecule has 1 aromatic rings. The molecule has 0 radical (unpaired) electrons. The van der Waals surface area contributed by atoms with Gasteiger partial charge in [0.2, 0.25) is 0 Å². The van der Waals surface area contributed by atoms with Crippen LogP contribution in [0.4, 0.5) is 0 Å². The molecule has 0 aliphatic carbocycles. The van der Waals surface area contributed by atoms with Gasteiger partial charge in [0.05, 0.1) is 0 Å². The highest BCUT2D eigenvalue weighted by atomic mass is 33.1. The van der Waals surface area contributed by atoms with E-state index in [-0.39, 0.29) is 0 Å². The van der Waals surface area contributed by atoms with E-state index < -0.39 is 0 Å². The van der Waals surface area contributed by atoms with E-state index in [9.17, 15) is 0 Å². The van der Waals surface area contributed by atoms with E-state index >= 15 is 0 Å². The summed E-state index contributed by atoms with van der Waals surface area (Å²) >= 11 is 0. The summed E-state index contributed by atoms with van der Waals surface area (Å²) in [5.74, 6) is 2.33. The van der Waals surface area contributed by atoms with Crippen LogP contribution in [0.1, 0.15) is 11.1 Å². The Morgan fingerprint density at radius 3 is 1.79 bits per heavy atom. The fraction of sp³-hybridized carbons (Fsp3) is 0.200. The van der Waals surface area contributed by atoms with Gasteiger partial charge in [0, 0.05) is 11.5 Å². The summed E-state index contributed by atoms with van der Waals surface area (Å²) in [4.78, 5) is 0. The lowest BCUT2D eigenvalue weighted by atomic mass is 10.1. The molecule has 0 nitrogen and oxygen atoms in total. The largest absolute Gasteiger partial charge is 0.0890 e. The second-order valence-electron chi connectivity index (χ2n) is 3.20. The second-order valence-corrected chi connectivity index (χ2v) is 7.68. The molecule has 0 saturated carbocycles. The topological polar surface area (TPSA) is 0 Å². The monoisotopic (exact) mass is 256 g/mol. The van der Waals surface area contributed by atoms with Crippen LogP contribution >= 0.6 is 43.2 Å². The van der Waals surface area contributed by atoms with Crippen molar-refractivity contribution in [2.45, 2.75) is 11.5 Å². The van der Waals surface area contributed by atoms with Gasteiger partial charge in [0.25, 0.3) is 0 Å². The molecule has 0 amide bonds. The number of hydrogen-bond acceptors (Lipinski definition) is 4. The standard InChI is InChI=1S/C10H8S4/c1-7-3-11-13-5-9(7)2-10-6-14-12-4-8(1)10/h1-3,5H,4,6H2. The Hall–Kier alpha value is 0.360.